The molecule has 0 aromatic heterocycles. The van der Waals surface area contributed by atoms with Crippen LogP contribution in [0, 0.1) is 12.8 Å². The Balaban J connectivity index is 1.84. The number of ether oxygens (including phenoxy) is 2. The highest BCUT2D eigenvalue weighted by Gasteiger charge is 2.41. The van der Waals surface area contributed by atoms with Crippen molar-refractivity contribution in [1.82, 2.24) is 4.72 Å². The molecule has 1 aliphatic rings. The number of aryl methyl sites for hydroxylation is 1. The molecule has 1 heterocycles. The van der Waals surface area contributed by atoms with E-state index in [-0.39, 0.29) is 11.5 Å². The highest BCUT2D eigenvalue weighted by molar-refractivity contribution is 7.89. The number of para-hydroxylation sites is 1. The number of hydrogen-bond acceptors (Lipinski definition) is 4. The molecular formula is C24H33NO4S. The third-order valence-electron chi connectivity index (χ3n) is 6.15. The largest absolute Gasteiger partial charge is 0.496 e. The minimum Gasteiger partial charge on any atom is -0.496 e. The predicted octanol–water partition coefficient (Wildman–Crippen LogP) is 4.45. The first-order chi connectivity index (χ1) is 14.3. The molecule has 5 nitrogen and oxygen atoms in total. The first-order valence-corrected chi connectivity index (χ1v) is 12.1. The maximum absolute atomic E-state index is 12.8. The molecule has 0 spiro atoms. The van der Waals surface area contributed by atoms with E-state index in [0.29, 0.717) is 30.4 Å². The molecule has 0 saturated carbocycles. The quantitative estimate of drug-likeness (QED) is 0.671. The predicted molar refractivity (Wildman–Crippen MR) is 119 cm³/mol. The lowest BCUT2D eigenvalue weighted by atomic mass is 9.68. The molecule has 0 aliphatic carbocycles. The van der Waals surface area contributed by atoms with Crippen LogP contribution in [0.3, 0.4) is 0 Å². The average molecular weight is 432 g/mol. The van der Waals surface area contributed by atoms with E-state index in [1.807, 2.05) is 37.3 Å². The second-order valence-electron chi connectivity index (χ2n) is 8.55. The lowest BCUT2D eigenvalue weighted by molar-refractivity contribution is -0.0470. The first-order valence-electron chi connectivity index (χ1n) is 10.6. The van der Waals surface area contributed by atoms with E-state index in [1.54, 1.807) is 19.2 Å². The van der Waals surface area contributed by atoms with Crippen LogP contribution >= 0.6 is 0 Å². The molecule has 164 valence electrons. The molecule has 2 aromatic rings. The van der Waals surface area contributed by atoms with Gasteiger partial charge in [0, 0.05) is 24.1 Å². The molecule has 0 unspecified atom stereocenters. The minimum absolute atomic E-state index is 0.136. The number of methoxy groups -OCH3 is 1. The van der Waals surface area contributed by atoms with Gasteiger partial charge in [-0.05, 0) is 50.3 Å². The topological polar surface area (TPSA) is 64.6 Å². The molecule has 2 atom stereocenters. The number of sulfonamides is 1. The van der Waals surface area contributed by atoms with Crippen molar-refractivity contribution in [1.29, 1.82) is 0 Å². The Morgan fingerprint density at radius 1 is 1.17 bits per heavy atom. The van der Waals surface area contributed by atoms with Crippen LogP contribution in [0.4, 0.5) is 0 Å². The Morgan fingerprint density at radius 2 is 1.87 bits per heavy atom. The van der Waals surface area contributed by atoms with Gasteiger partial charge in [-0.3, -0.25) is 0 Å². The molecule has 0 radical (unpaired) electrons. The first kappa shape index (κ1) is 22.8. The van der Waals surface area contributed by atoms with Crippen LogP contribution in [0.15, 0.2) is 53.4 Å². The minimum atomic E-state index is -3.54. The molecule has 6 heteroatoms. The van der Waals surface area contributed by atoms with Gasteiger partial charge in [-0.1, -0.05) is 49.7 Å². The second-order valence-corrected chi connectivity index (χ2v) is 10.3. The fraction of sp³-hybridized carbons (Fsp3) is 0.500. The molecule has 1 aliphatic heterocycles. The van der Waals surface area contributed by atoms with Crippen molar-refractivity contribution in [3.05, 3.63) is 59.7 Å². The zero-order valence-corrected chi connectivity index (χ0v) is 19.2. The van der Waals surface area contributed by atoms with E-state index in [9.17, 15) is 8.42 Å². The number of hydrogen-bond donors (Lipinski definition) is 1. The van der Waals surface area contributed by atoms with Crippen LogP contribution in [0.5, 0.6) is 5.75 Å². The van der Waals surface area contributed by atoms with Crippen LogP contribution in [0.1, 0.15) is 44.2 Å². The van der Waals surface area contributed by atoms with E-state index in [4.69, 9.17) is 9.47 Å². The molecule has 1 fully saturated rings. The highest BCUT2D eigenvalue weighted by atomic mass is 32.2. The molecule has 1 saturated heterocycles. The van der Waals surface area contributed by atoms with Gasteiger partial charge in [0.2, 0.25) is 10.0 Å². The Bertz CT molecular complexity index is 940. The fourth-order valence-corrected chi connectivity index (χ4v) is 5.33. The van der Waals surface area contributed by atoms with E-state index in [1.165, 1.54) is 0 Å². The third kappa shape index (κ3) is 5.05. The third-order valence-corrected chi connectivity index (χ3v) is 7.63. The Kier molecular flexibility index (Phi) is 7.22. The van der Waals surface area contributed by atoms with Gasteiger partial charge in [-0.2, -0.15) is 0 Å². The number of nitrogens with one attached hydrogen (secondary N) is 1. The number of benzene rings is 2. The average Bonchev–Trinajstić information content (AvgIpc) is 2.74. The fourth-order valence-electron chi connectivity index (χ4n) is 4.29. The van der Waals surface area contributed by atoms with Crippen LogP contribution in [-0.4, -0.2) is 34.8 Å². The maximum atomic E-state index is 12.8. The number of rotatable bonds is 8. The van der Waals surface area contributed by atoms with Gasteiger partial charge in [0.15, 0.2) is 0 Å². The van der Waals surface area contributed by atoms with Gasteiger partial charge in [0.25, 0.3) is 0 Å². The summed E-state index contributed by atoms with van der Waals surface area (Å²) in [5.41, 5.74) is 1.97. The van der Waals surface area contributed by atoms with E-state index in [2.05, 4.69) is 24.6 Å². The van der Waals surface area contributed by atoms with Crippen LogP contribution in [0.2, 0.25) is 0 Å². The van der Waals surface area contributed by atoms with E-state index in [0.717, 1.165) is 29.7 Å². The summed E-state index contributed by atoms with van der Waals surface area (Å²) >= 11 is 0. The molecule has 3 rings (SSSR count). The van der Waals surface area contributed by atoms with Gasteiger partial charge in [-0.25, -0.2) is 13.1 Å². The SMILES string of the molecule is COc1ccccc1[C@@]1(CCNS(=O)(=O)c2ccc(C)cc2)CCO[C@H](C(C)C)C1. The lowest BCUT2D eigenvalue weighted by Crippen LogP contribution is -2.43. The van der Waals surface area contributed by atoms with Crippen molar-refractivity contribution in [3.8, 4) is 5.75 Å². The van der Waals surface area contributed by atoms with Crippen LogP contribution in [0.25, 0.3) is 0 Å². The lowest BCUT2D eigenvalue weighted by Gasteiger charge is -2.43. The summed E-state index contributed by atoms with van der Waals surface area (Å²) < 4.78 is 40.0. The summed E-state index contributed by atoms with van der Waals surface area (Å²) in [6.45, 7) is 7.30. The smallest absolute Gasteiger partial charge is 0.240 e. The van der Waals surface area contributed by atoms with Gasteiger partial charge in [0.05, 0.1) is 18.1 Å². The monoisotopic (exact) mass is 431 g/mol. The molecule has 0 bridgehead atoms. The van der Waals surface area contributed by atoms with Crippen LogP contribution < -0.4 is 9.46 Å². The van der Waals surface area contributed by atoms with Crippen molar-refractivity contribution in [3.63, 3.8) is 0 Å². The van der Waals surface area contributed by atoms with Gasteiger partial charge >= 0.3 is 0 Å². The van der Waals surface area contributed by atoms with Crippen molar-refractivity contribution < 1.29 is 17.9 Å². The normalized spacial score (nSPS) is 22.2. The summed E-state index contributed by atoms with van der Waals surface area (Å²) in [5.74, 6) is 1.24. The van der Waals surface area contributed by atoms with Crippen molar-refractivity contribution in [2.75, 3.05) is 20.3 Å². The zero-order valence-electron chi connectivity index (χ0n) is 18.4. The van der Waals surface area contributed by atoms with Crippen molar-refractivity contribution in [2.24, 2.45) is 5.92 Å². The highest BCUT2D eigenvalue weighted by Crippen LogP contribution is 2.45. The Hall–Kier alpha value is -1.89. The molecule has 2 aromatic carbocycles. The molecule has 30 heavy (non-hydrogen) atoms. The second kappa shape index (κ2) is 9.50. The van der Waals surface area contributed by atoms with Gasteiger partial charge in [0.1, 0.15) is 5.75 Å². The zero-order chi connectivity index (χ0) is 21.8. The van der Waals surface area contributed by atoms with Gasteiger partial charge < -0.3 is 9.47 Å². The standard InChI is InChI=1S/C24H33NO4S/c1-18(2)23-17-24(14-16-29-23,21-7-5-6-8-22(21)28-4)13-15-25-30(26,27)20-11-9-19(3)10-12-20/h5-12,18,23,25H,13-17H2,1-4H3/t23-,24-/m0/s1. The van der Waals surface area contributed by atoms with E-state index >= 15 is 0 Å². The summed E-state index contributed by atoms with van der Waals surface area (Å²) in [7, 11) is -1.86. The van der Waals surface area contributed by atoms with Crippen LogP contribution in [-0.2, 0) is 20.2 Å². The summed E-state index contributed by atoms with van der Waals surface area (Å²) in [6.07, 6.45) is 2.50. The van der Waals surface area contributed by atoms with Crippen molar-refractivity contribution >= 4 is 10.0 Å². The molecule has 0 amide bonds. The van der Waals surface area contributed by atoms with Crippen molar-refractivity contribution in [2.45, 2.75) is 56.4 Å². The summed E-state index contributed by atoms with van der Waals surface area (Å²) in [4.78, 5) is 0.298. The summed E-state index contributed by atoms with van der Waals surface area (Å²) in [6, 6.07) is 15.0. The van der Waals surface area contributed by atoms with E-state index < -0.39 is 10.0 Å². The molecule has 1 N–H and O–H groups in total. The Labute approximate surface area is 180 Å². The summed E-state index contributed by atoms with van der Waals surface area (Å²) in [5, 5.41) is 0. The van der Waals surface area contributed by atoms with Gasteiger partial charge in [-0.15, -0.1) is 0 Å². The maximum Gasteiger partial charge on any atom is 0.240 e. The molecular weight excluding hydrogens is 398 g/mol. The Morgan fingerprint density at radius 3 is 2.53 bits per heavy atom.